The summed E-state index contributed by atoms with van der Waals surface area (Å²) in [7, 11) is 0. The number of thioether (sulfide) groups is 1. The molecule has 1 aliphatic heterocycles. The van der Waals surface area contributed by atoms with Gasteiger partial charge in [0.05, 0.1) is 16.9 Å². The van der Waals surface area contributed by atoms with Crippen molar-refractivity contribution in [3.05, 3.63) is 59.7 Å². The Hall–Kier alpha value is -2.80. The van der Waals surface area contributed by atoms with Crippen LogP contribution in [0.15, 0.2) is 53.4 Å². The van der Waals surface area contributed by atoms with E-state index in [2.05, 4.69) is 10.6 Å². The van der Waals surface area contributed by atoms with Crippen LogP contribution in [0.4, 0.5) is 5.69 Å². The van der Waals surface area contributed by atoms with Gasteiger partial charge in [0.25, 0.3) is 5.91 Å². The van der Waals surface area contributed by atoms with Crippen molar-refractivity contribution in [2.75, 3.05) is 11.9 Å². The molecule has 3 rings (SSSR count). The number of hydrogen-bond donors (Lipinski definition) is 3. The van der Waals surface area contributed by atoms with E-state index >= 15 is 0 Å². The van der Waals surface area contributed by atoms with Crippen LogP contribution in [0.2, 0.25) is 0 Å². The van der Waals surface area contributed by atoms with Crippen molar-refractivity contribution in [2.45, 2.75) is 23.5 Å². The molecule has 0 saturated heterocycles. The lowest BCUT2D eigenvalue weighted by atomic mass is 9.99. The topological polar surface area (TPSA) is 95.5 Å². The van der Waals surface area contributed by atoms with Crippen LogP contribution < -0.4 is 10.6 Å². The number of anilines is 1. The molecule has 2 amide bonds. The summed E-state index contributed by atoms with van der Waals surface area (Å²) in [5, 5.41) is 14.7. The van der Waals surface area contributed by atoms with Crippen LogP contribution in [0.5, 0.6) is 0 Å². The monoisotopic (exact) mass is 384 g/mol. The van der Waals surface area contributed by atoms with E-state index in [1.807, 2.05) is 37.3 Å². The number of carbonyl (C=O) groups excluding carboxylic acids is 2. The van der Waals surface area contributed by atoms with Gasteiger partial charge in [-0.1, -0.05) is 30.3 Å². The molecule has 2 atom stereocenters. The van der Waals surface area contributed by atoms with Gasteiger partial charge in [0.2, 0.25) is 5.91 Å². The molecule has 140 valence electrons. The first-order chi connectivity index (χ1) is 12.9. The third kappa shape index (κ3) is 4.68. The van der Waals surface area contributed by atoms with Crippen molar-refractivity contribution in [3.8, 4) is 0 Å². The number of aliphatic carboxylic acids is 1. The second-order valence-corrected chi connectivity index (χ2v) is 7.78. The van der Waals surface area contributed by atoms with Gasteiger partial charge in [-0.2, -0.15) is 0 Å². The summed E-state index contributed by atoms with van der Waals surface area (Å²) in [6, 6.07) is 14.4. The molecule has 0 aliphatic carbocycles. The molecule has 0 saturated carbocycles. The van der Waals surface area contributed by atoms with Gasteiger partial charge in [-0.25, -0.2) is 0 Å². The number of carboxylic acids is 1. The first kappa shape index (κ1) is 19.0. The fourth-order valence-electron chi connectivity index (χ4n) is 2.81. The zero-order valence-electron chi connectivity index (χ0n) is 14.8. The van der Waals surface area contributed by atoms with Gasteiger partial charge in [0.15, 0.2) is 0 Å². The summed E-state index contributed by atoms with van der Waals surface area (Å²) < 4.78 is 0. The second kappa shape index (κ2) is 8.26. The Morgan fingerprint density at radius 1 is 1.22 bits per heavy atom. The van der Waals surface area contributed by atoms with Crippen molar-refractivity contribution >= 4 is 35.2 Å². The third-order valence-corrected chi connectivity index (χ3v) is 5.53. The van der Waals surface area contributed by atoms with Gasteiger partial charge in [-0.05, 0) is 37.1 Å². The highest BCUT2D eigenvalue weighted by Crippen LogP contribution is 2.35. The molecule has 2 aromatic carbocycles. The number of amides is 2. The largest absolute Gasteiger partial charge is 0.481 e. The van der Waals surface area contributed by atoms with Gasteiger partial charge in [-0.15, -0.1) is 11.8 Å². The minimum Gasteiger partial charge on any atom is -0.481 e. The number of hydrogen-bond acceptors (Lipinski definition) is 4. The molecule has 0 spiro atoms. The summed E-state index contributed by atoms with van der Waals surface area (Å²) in [5.74, 6) is -2.14. The number of fused-ring (bicyclic) bond motifs is 1. The molecule has 2 unspecified atom stereocenters. The fourth-order valence-corrected chi connectivity index (χ4v) is 3.74. The predicted molar refractivity (Wildman–Crippen MR) is 104 cm³/mol. The number of carboxylic acid groups (broad SMARTS) is 1. The van der Waals surface area contributed by atoms with E-state index in [0.29, 0.717) is 17.7 Å². The molecule has 0 fully saturated rings. The zero-order valence-corrected chi connectivity index (χ0v) is 15.6. The molecule has 0 radical (unpaired) electrons. The Labute approximate surface area is 161 Å². The van der Waals surface area contributed by atoms with Gasteiger partial charge in [-0.3, -0.25) is 14.4 Å². The van der Waals surface area contributed by atoms with Gasteiger partial charge >= 0.3 is 5.97 Å². The van der Waals surface area contributed by atoms with Crippen LogP contribution in [0.25, 0.3) is 0 Å². The van der Waals surface area contributed by atoms with Crippen LogP contribution in [0.3, 0.4) is 0 Å². The van der Waals surface area contributed by atoms with Crippen LogP contribution in [0, 0.1) is 5.92 Å². The molecule has 1 aliphatic rings. The van der Waals surface area contributed by atoms with Gasteiger partial charge in [0.1, 0.15) is 0 Å². The lowest BCUT2D eigenvalue weighted by molar-refractivity contribution is -0.141. The van der Waals surface area contributed by atoms with Crippen molar-refractivity contribution < 1.29 is 19.5 Å². The quantitative estimate of drug-likeness (QED) is 0.712. The average molecular weight is 384 g/mol. The molecule has 1 heterocycles. The van der Waals surface area contributed by atoms with Crippen LogP contribution >= 0.6 is 11.8 Å². The maximum Gasteiger partial charge on any atom is 0.308 e. The lowest BCUT2D eigenvalue weighted by Crippen LogP contribution is -2.34. The predicted octanol–water partition coefficient (Wildman–Crippen LogP) is 2.79. The standard InChI is InChI=1S/C20H20N2O4S/c1-12-18(23)22-16-10-14(7-8-17(16)27-12)19(24)21-11-15(20(25)26)9-13-5-3-2-4-6-13/h2-8,10,12,15H,9,11H2,1H3,(H,21,24)(H,22,23)(H,25,26). The highest BCUT2D eigenvalue weighted by molar-refractivity contribution is 8.00. The summed E-state index contributed by atoms with van der Waals surface area (Å²) >= 11 is 1.44. The van der Waals surface area contributed by atoms with E-state index in [1.165, 1.54) is 11.8 Å². The maximum absolute atomic E-state index is 12.4. The summed E-state index contributed by atoms with van der Waals surface area (Å²) in [5.41, 5.74) is 1.89. The molecule has 6 nitrogen and oxygen atoms in total. The van der Waals surface area contributed by atoms with E-state index in [4.69, 9.17) is 0 Å². The van der Waals surface area contributed by atoms with Crippen molar-refractivity contribution in [1.29, 1.82) is 0 Å². The van der Waals surface area contributed by atoms with E-state index in [9.17, 15) is 19.5 Å². The van der Waals surface area contributed by atoms with Crippen molar-refractivity contribution in [3.63, 3.8) is 0 Å². The number of nitrogens with one attached hydrogen (secondary N) is 2. The maximum atomic E-state index is 12.4. The minimum absolute atomic E-state index is 0.0261. The third-order valence-electron chi connectivity index (χ3n) is 4.36. The molecule has 0 bridgehead atoms. The number of benzene rings is 2. The SMILES string of the molecule is CC1Sc2ccc(C(=O)NCC(Cc3ccccc3)C(=O)O)cc2NC1=O. The highest BCUT2D eigenvalue weighted by Gasteiger charge is 2.24. The summed E-state index contributed by atoms with van der Waals surface area (Å²) in [6.07, 6.45) is 0.339. The smallest absolute Gasteiger partial charge is 0.308 e. The van der Waals surface area contributed by atoms with Crippen molar-refractivity contribution in [2.24, 2.45) is 5.92 Å². The molecule has 7 heteroatoms. The van der Waals surface area contributed by atoms with Crippen LogP contribution in [-0.4, -0.2) is 34.7 Å². The van der Waals surface area contributed by atoms with E-state index in [0.717, 1.165) is 10.5 Å². The van der Waals surface area contributed by atoms with Crippen LogP contribution in [0.1, 0.15) is 22.8 Å². The first-order valence-electron chi connectivity index (χ1n) is 8.60. The molecule has 2 aromatic rings. The van der Waals surface area contributed by atoms with E-state index < -0.39 is 11.9 Å². The summed E-state index contributed by atoms with van der Waals surface area (Å²) in [4.78, 5) is 36.7. The fraction of sp³-hybridized carbons (Fsp3) is 0.250. The molecular formula is C20H20N2O4S. The highest BCUT2D eigenvalue weighted by atomic mass is 32.2. The Morgan fingerprint density at radius 2 is 1.96 bits per heavy atom. The van der Waals surface area contributed by atoms with Crippen LogP contribution in [-0.2, 0) is 16.0 Å². The minimum atomic E-state index is -0.956. The second-order valence-electron chi connectivity index (χ2n) is 6.40. The Balaban J connectivity index is 1.65. The van der Waals surface area contributed by atoms with E-state index in [-0.39, 0.29) is 23.6 Å². The van der Waals surface area contributed by atoms with Crippen molar-refractivity contribution in [1.82, 2.24) is 5.32 Å². The van der Waals surface area contributed by atoms with E-state index in [1.54, 1.807) is 18.2 Å². The molecule has 27 heavy (non-hydrogen) atoms. The molecule has 0 aromatic heterocycles. The zero-order chi connectivity index (χ0) is 19.4. The molecule has 3 N–H and O–H groups in total. The average Bonchev–Trinajstić information content (AvgIpc) is 2.66. The van der Waals surface area contributed by atoms with Gasteiger partial charge < -0.3 is 15.7 Å². The number of carbonyl (C=O) groups is 3. The Bertz CT molecular complexity index is 870. The van der Waals surface area contributed by atoms with Gasteiger partial charge in [0, 0.05) is 17.0 Å². The Kier molecular flexibility index (Phi) is 5.81. The number of rotatable bonds is 6. The Morgan fingerprint density at radius 3 is 2.67 bits per heavy atom. The first-order valence-corrected chi connectivity index (χ1v) is 9.48. The summed E-state index contributed by atoms with van der Waals surface area (Å²) in [6.45, 7) is 1.85. The lowest BCUT2D eigenvalue weighted by Gasteiger charge is -2.21. The normalized spacial score (nSPS) is 16.8. The molecular weight excluding hydrogens is 364 g/mol.